The van der Waals surface area contributed by atoms with Crippen molar-refractivity contribution in [2.45, 2.75) is 4.90 Å². The summed E-state index contributed by atoms with van der Waals surface area (Å²) in [6.45, 7) is 0. The molecule has 0 aliphatic rings. The molecule has 4 heteroatoms. The van der Waals surface area contributed by atoms with Gasteiger partial charge >= 0.3 is 0 Å². The number of nitriles is 1. The van der Waals surface area contributed by atoms with Crippen molar-refractivity contribution in [3.63, 3.8) is 0 Å². The van der Waals surface area contributed by atoms with Crippen LogP contribution in [0, 0.1) is 11.3 Å². The summed E-state index contributed by atoms with van der Waals surface area (Å²) in [5, 5.41) is 8.53. The maximum Gasteiger partial charge on any atom is 0.119 e. The first-order valence-electron chi connectivity index (χ1n) is 2.87. The zero-order valence-electron chi connectivity index (χ0n) is 5.84. The Hall–Kier alpha value is -0.530. The van der Waals surface area contributed by atoms with Gasteiger partial charge in [-0.15, -0.1) is 11.8 Å². The van der Waals surface area contributed by atoms with E-state index in [9.17, 15) is 0 Å². The van der Waals surface area contributed by atoms with Gasteiger partial charge in [0.15, 0.2) is 0 Å². The SMILES string of the molecule is CSc1cc(C#N)cnc1Br. The van der Waals surface area contributed by atoms with Crippen LogP contribution < -0.4 is 0 Å². The van der Waals surface area contributed by atoms with Gasteiger partial charge in [0.1, 0.15) is 10.7 Å². The van der Waals surface area contributed by atoms with Crippen LogP contribution >= 0.6 is 27.7 Å². The molecule has 0 aliphatic carbocycles. The van der Waals surface area contributed by atoms with Crippen molar-refractivity contribution in [1.29, 1.82) is 5.26 Å². The molecule has 1 aromatic heterocycles. The van der Waals surface area contributed by atoms with E-state index >= 15 is 0 Å². The second-order valence-corrected chi connectivity index (χ2v) is 3.43. The zero-order chi connectivity index (χ0) is 8.27. The highest BCUT2D eigenvalue weighted by atomic mass is 79.9. The molecule has 2 nitrogen and oxygen atoms in total. The zero-order valence-corrected chi connectivity index (χ0v) is 8.24. The molecule has 0 unspecified atom stereocenters. The Labute approximate surface area is 77.8 Å². The summed E-state index contributed by atoms with van der Waals surface area (Å²) in [4.78, 5) is 4.98. The summed E-state index contributed by atoms with van der Waals surface area (Å²) < 4.78 is 0.795. The monoisotopic (exact) mass is 228 g/mol. The second-order valence-electron chi connectivity index (χ2n) is 1.83. The lowest BCUT2D eigenvalue weighted by Gasteiger charge is -1.97. The molecule has 0 N–H and O–H groups in total. The third kappa shape index (κ3) is 1.95. The summed E-state index contributed by atoms with van der Waals surface area (Å²) in [5.74, 6) is 0. The van der Waals surface area contributed by atoms with Crippen molar-refractivity contribution in [2.75, 3.05) is 6.26 Å². The predicted molar refractivity (Wildman–Crippen MR) is 48.4 cm³/mol. The van der Waals surface area contributed by atoms with Gasteiger partial charge in [-0.05, 0) is 28.3 Å². The largest absolute Gasteiger partial charge is 0.247 e. The summed E-state index contributed by atoms with van der Waals surface area (Å²) in [7, 11) is 0. The lowest BCUT2D eigenvalue weighted by molar-refractivity contribution is 1.17. The Morgan fingerprint density at radius 1 is 1.73 bits per heavy atom. The number of pyridine rings is 1. The van der Waals surface area contributed by atoms with Crippen molar-refractivity contribution < 1.29 is 0 Å². The summed E-state index contributed by atoms with van der Waals surface area (Å²) >= 11 is 4.84. The van der Waals surface area contributed by atoms with Gasteiger partial charge in [-0.1, -0.05) is 0 Å². The van der Waals surface area contributed by atoms with E-state index in [1.165, 1.54) is 0 Å². The molecule has 56 valence electrons. The minimum atomic E-state index is 0.595. The minimum Gasteiger partial charge on any atom is -0.247 e. The second kappa shape index (κ2) is 3.74. The standard InChI is InChI=1S/C7H5BrN2S/c1-11-6-2-5(3-9)4-10-7(6)8/h2,4H,1H3. The topological polar surface area (TPSA) is 36.7 Å². The summed E-state index contributed by atoms with van der Waals surface area (Å²) in [5.41, 5.74) is 0.595. The first-order chi connectivity index (χ1) is 5.27. The van der Waals surface area contributed by atoms with Crippen LogP contribution in [0.2, 0.25) is 0 Å². The van der Waals surface area contributed by atoms with E-state index in [0.717, 1.165) is 9.50 Å². The van der Waals surface area contributed by atoms with E-state index in [1.807, 2.05) is 18.4 Å². The third-order valence-corrected chi connectivity index (χ3v) is 2.80. The number of aromatic nitrogens is 1. The highest BCUT2D eigenvalue weighted by Gasteiger charge is 1.99. The van der Waals surface area contributed by atoms with Gasteiger partial charge in [0, 0.05) is 11.1 Å². The molecule has 1 heterocycles. The van der Waals surface area contributed by atoms with Gasteiger partial charge in [-0.25, -0.2) is 4.98 Å². The average Bonchev–Trinajstić information content (AvgIpc) is 2.05. The molecule has 0 saturated carbocycles. The van der Waals surface area contributed by atoms with Crippen molar-refractivity contribution in [3.8, 4) is 6.07 Å². The van der Waals surface area contributed by atoms with Gasteiger partial charge in [0.05, 0.1) is 5.56 Å². The molecule has 0 fully saturated rings. The summed E-state index contributed by atoms with van der Waals surface area (Å²) in [6, 6.07) is 3.84. The predicted octanol–water partition coefficient (Wildman–Crippen LogP) is 2.44. The number of nitrogens with zero attached hydrogens (tertiary/aromatic N) is 2. The first-order valence-corrected chi connectivity index (χ1v) is 4.89. The van der Waals surface area contributed by atoms with Crippen LogP contribution in [-0.2, 0) is 0 Å². The summed E-state index contributed by atoms with van der Waals surface area (Å²) in [6.07, 6.45) is 3.49. The molecular formula is C7H5BrN2S. The molecule has 1 aromatic rings. The van der Waals surface area contributed by atoms with Crippen LogP contribution in [0.4, 0.5) is 0 Å². The van der Waals surface area contributed by atoms with Gasteiger partial charge in [-0.3, -0.25) is 0 Å². The molecular weight excluding hydrogens is 224 g/mol. The van der Waals surface area contributed by atoms with Crippen molar-refractivity contribution in [2.24, 2.45) is 0 Å². The van der Waals surface area contributed by atoms with E-state index in [4.69, 9.17) is 5.26 Å². The smallest absolute Gasteiger partial charge is 0.119 e. The molecule has 0 bridgehead atoms. The van der Waals surface area contributed by atoms with Crippen molar-refractivity contribution in [1.82, 2.24) is 4.98 Å². The maximum absolute atomic E-state index is 8.53. The van der Waals surface area contributed by atoms with Crippen LogP contribution in [0.3, 0.4) is 0 Å². The van der Waals surface area contributed by atoms with Gasteiger partial charge in [0.2, 0.25) is 0 Å². The molecule has 0 aromatic carbocycles. The van der Waals surface area contributed by atoms with E-state index in [2.05, 4.69) is 20.9 Å². The van der Waals surface area contributed by atoms with Crippen LogP contribution in [0.5, 0.6) is 0 Å². The number of rotatable bonds is 1. The van der Waals surface area contributed by atoms with Crippen LogP contribution in [0.1, 0.15) is 5.56 Å². The molecule has 1 rings (SSSR count). The Kier molecular flexibility index (Phi) is 2.92. The van der Waals surface area contributed by atoms with Crippen LogP contribution in [0.15, 0.2) is 21.8 Å². The number of thioether (sulfide) groups is 1. The number of hydrogen-bond acceptors (Lipinski definition) is 3. The fourth-order valence-corrected chi connectivity index (χ4v) is 1.80. The Morgan fingerprint density at radius 3 is 3.00 bits per heavy atom. The number of halogens is 1. The fourth-order valence-electron chi connectivity index (χ4n) is 0.632. The van der Waals surface area contributed by atoms with E-state index in [1.54, 1.807) is 18.0 Å². The Morgan fingerprint density at radius 2 is 2.45 bits per heavy atom. The lowest BCUT2D eigenvalue weighted by atomic mass is 10.3. The van der Waals surface area contributed by atoms with Crippen molar-refractivity contribution >= 4 is 27.7 Å². The molecule has 0 radical (unpaired) electrons. The molecule has 0 spiro atoms. The molecule has 0 aliphatic heterocycles. The van der Waals surface area contributed by atoms with Crippen LogP contribution in [-0.4, -0.2) is 11.2 Å². The van der Waals surface area contributed by atoms with E-state index in [0.29, 0.717) is 5.56 Å². The normalized spacial score (nSPS) is 9.18. The molecule has 11 heavy (non-hydrogen) atoms. The Balaban J connectivity index is 3.15. The minimum absolute atomic E-state index is 0.595. The van der Waals surface area contributed by atoms with Gasteiger partial charge in [0.25, 0.3) is 0 Å². The number of hydrogen-bond donors (Lipinski definition) is 0. The highest BCUT2D eigenvalue weighted by Crippen LogP contribution is 2.23. The molecule has 0 atom stereocenters. The fraction of sp³-hybridized carbons (Fsp3) is 0.143. The lowest BCUT2D eigenvalue weighted by Crippen LogP contribution is -1.82. The van der Waals surface area contributed by atoms with E-state index < -0.39 is 0 Å². The third-order valence-electron chi connectivity index (χ3n) is 1.16. The quantitative estimate of drug-likeness (QED) is 0.548. The van der Waals surface area contributed by atoms with Crippen LogP contribution in [0.25, 0.3) is 0 Å². The maximum atomic E-state index is 8.53. The van der Waals surface area contributed by atoms with Gasteiger partial charge in [-0.2, -0.15) is 5.26 Å². The average molecular weight is 229 g/mol. The van der Waals surface area contributed by atoms with E-state index in [-0.39, 0.29) is 0 Å². The van der Waals surface area contributed by atoms with Gasteiger partial charge < -0.3 is 0 Å². The van der Waals surface area contributed by atoms with Crippen molar-refractivity contribution in [3.05, 3.63) is 22.4 Å². The molecule has 0 saturated heterocycles. The first kappa shape index (κ1) is 8.57. The molecule has 0 amide bonds. The Bertz CT molecular complexity index is 306. The highest BCUT2D eigenvalue weighted by molar-refractivity contribution is 9.10.